The molecule has 0 aliphatic heterocycles. The van der Waals surface area contributed by atoms with E-state index in [0.717, 1.165) is 11.4 Å². The number of aryl methyl sites for hydroxylation is 6. The average Bonchev–Trinajstić information content (AvgIpc) is 1.73. The Kier molecular flexibility index (Phi) is 21.6. The van der Waals surface area contributed by atoms with Crippen LogP contribution in [-0.4, -0.2) is 9.97 Å². The van der Waals surface area contributed by atoms with Crippen LogP contribution in [0.3, 0.4) is 0 Å². The molecule has 17 rings (SSSR count). The van der Waals surface area contributed by atoms with Gasteiger partial charge in [0.1, 0.15) is 0 Å². The molecule has 2 nitrogen and oxygen atoms in total. The van der Waals surface area contributed by atoms with Crippen LogP contribution in [0.2, 0.25) is 0 Å². The zero-order chi connectivity index (χ0) is 66.7. The fraction of sp³-hybridized carbons (Fsp3) is 0.0638. The van der Waals surface area contributed by atoms with Crippen LogP contribution < -0.4 is 0 Å². The zero-order valence-corrected chi connectivity index (χ0v) is 56.8. The van der Waals surface area contributed by atoms with Gasteiger partial charge in [0, 0.05) is 43.7 Å². The van der Waals surface area contributed by atoms with E-state index < -0.39 is 0 Å². The van der Waals surface area contributed by atoms with E-state index in [1.807, 2.05) is 79.2 Å². The molecule has 0 N–H and O–H groups in total. The Morgan fingerprint density at radius 3 is 1.32 bits per heavy atom. The van der Waals surface area contributed by atoms with Crippen LogP contribution in [0, 0.1) is 41.5 Å². The Balaban J connectivity index is 0.000000112. The smallest absolute Gasteiger partial charge is 0.0731 e. The van der Waals surface area contributed by atoms with Gasteiger partial charge in [-0.15, -0.1) is 11.3 Å². The largest absolute Gasteiger partial charge is 0.256 e. The molecule has 0 spiro atoms. The van der Waals surface area contributed by atoms with Gasteiger partial charge in [-0.2, -0.15) is 0 Å². The first-order valence-corrected chi connectivity index (χ1v) is 34.0. The van der Waals surface area contributed by atoms with E-state index in [0.29, 0.717) is 0 Å². The minimum atomic E-state index is 1.03. The highest BCUT2D eigenvalue weighted by molar-refractivity contribution is 7.26. The lowest BCUT2D eigenvalue weighted by molar-refractivity contribution is 1.27. The Hall–Kier alpha value is -11.6. The number of rotatable bonds is 6. The highest BCUT2D eigenvalue weighted by atomic mass is 32.1. The lowest BCUT2D eigenvalue weighted by Crippen LogP contribution is -1.85. The van der Waals surface area contributed by atoms with Crippen molar-refractivity contribution < 1.29 is 0 Å². The number of hydrogen-bond acceptors (Lipinski definition) is 3. The van der Waals surface area contributed by atoms with Gasteiger partial charge in [0.15, 0.2) is 0 Å². The maximum absolute atomic E-state index is 4.35. The molecule has 0 amide bonds. The highest BCUT2D eigenvalue weighted by Crippen LogP contribution is 2.41. The molecule has 3 heterocycles. The van der Waals surface area contributed by atoms with Gasteiger partial charge in [-0.3, -0.25) is 9.97 Å². The molecule has 0 saturated heterocycles. The van der Waals surface area contributed by atoms with Crippen molar-refractivity contribution in [3.8, 4) is 67.0 Å². The average molecular weight is 1270 g/mol. The molecule has 3 heteroatoms. The molecule has 0 radical (unpaired) electrons. The maximum Gasteiger partial charge on any atom is 0.0731 e. The third kappa shape index (κ3) is 16.5. The molecule has 470 valence electrons. The topological polar surface area (TPSA) is 25.8 Å². The predicted octanol–water partition coefficient (Wildman–Crippen LogP) is 26.6. The minimum Gasteiger partial charge on any atom is -0.256 e. The van der Waals surface area contributed by atoms with E-state index in [1.165, 1.54) is 142 Å². The number of fused-ring (bicyclic) bond motifs is 6. The van der Waals surface area contributed by atoms with Crippen molar-refractivity contribution in [1.82, 2.24) is 9.97 Å². The molecule has 0 aliphatic rings. The highest BCUT2D eigenvalue weighted by Gasteiger charge is 2.12. The fourth-order valence-corrected chi connectivity index (χ4v) is 13.4. The summed E-state index contributed by atoms with van der Waals surface area (Å²) in [5.41, 5.74) is 22.5. The molecule has 0 bridgehead atoms. The molecule has 14 aromatic carbocycles. The SMILES string of the molecule is Cc1ccc(-c2ccc3ccccc3c2)cc1.Cc1ccc(-c2cccc3ccccc23)cc1.Cc1ccc(-c2ccccc2)c2ccccc12.Cc1ccc(-c2ccccc2)nc1.Cc1cccc2c1sc1c(-c3ccccc3)cccc12.Cc1cccnc1-c1ccccc1. The summed E-state index contributed by atoms with van der Waals surface area (Å²) in [4.78, 5) is 8.70. The van der Waals surface area contributed by atoms with Crippen molar-refractivity contribution in [3.63, 3.8) is 0 Å². The van der Waals surface area contributed by atoms with Crippen molar-refractivity contribution in [3.05, 3.63) is 398 Å². The first-order chi connectivity index (χ1) is 47.6. The van der Waals surface area contributed by atoms with Crippen molar-refractivity contribution in [2.75, 3.05) is 0 Å². The van der Waals surface area contributed by atoms with Crippen LogP contribution in [0.15, 0.2) is 364 Å². The lowest BCUT2D eigenvalue weighted by Gasteiger charge is -2.09. The van der Waals surface area contributed by atoms with Gasteiger partial charge < -0.3 is 0 Å². The molecule has 0 aliphatic carbocycles. The molecule has 0 saturated carbocycles. The van der Waals surface area contributed by atoms with Crippen LogP contribution in [0.25, 0.3) is 120 Å². The third-order valence-corrected chi connectivity index (χ3v) is 18.7. The van der Waals surface area contributed by atoms with Gasteiger partial charge in [0.05, 0.1) is 11.4 Å². The van der Waals surface area contributed by atoms with Gasteiger partial charge >= 0.3 is 0 Å². The van der Waals surface area contributed by atoms with Gasteiger partial charge in [-0.05, 0) is 159 Å². The summed E-state index contributed by atoms with van der Waals surface area (Å²) in [5.74, 6) is 0. The van der Waals surface area contributed by atoms with E-state index >= 15 is 0 Å². The summed E-state index contributed by atoms with van der Waals surface area (Å²) >= 11 is 1.91. The summed E-state index contributed by atoms with van der Waals surface area (Å²) in [5, 5.41) is 10.6. The number of aromatic nitrogens is 2. The van der Waals surface area contributed by atoms with Crippen LogP contribution >= 0.6 is 11.3 Å². The third-order valence-electron chi connectivity index (χ3n) is 17.4. The van der Waals surface area contributed by atoms with E-state index in [9.17, 15) is 0 Å². The summed E-state index contributed by atoms with van der Waals surface area (Å²) in [6.45, 7) is 12.7. The minimum absolute atomic E-state index is 1.03. The van der Waals surface area contributed by atoms with Crippen molar-refractivity contribution in [2.24, 2.45) is 0 Å². The van der Waals surface area contributed by atoms with E-state index in [-0.39, 0.29) is 0 Å². The summed E-state index contributed by atoms with van der Waals surface area (Å²) < 4.78 is 2.80. The van der Waals surface area contributed by atoms with E-state index in [2.05, 4.69) is 348 Å². The number of pyridine rings is 2. The van der Waals surface area contributed by atoms with Gasteiger partial charge in [-0.25, -0.2) is 0 Å². The summed E-state index contributed by atoms with van der Waals surface area (Å²) in [6.07, 6.45) is 3.72. The normalized spacial score (nSPS) is 10.6. The molecule has 17 aromatic rings. The number of hydrogen-bond donors (Lipinski definition) is 0. The maximum atomic E-state index is 4.35. The molecule has 0 unspecified atom stereocenters. The van der Waals surface area contributed by atoms with Crippen LogP contribution in [0.1, 0.15) is 33.4 Å². The van der Waals surface area contributed by atoms with Gasteiger partial charge in [0.25, 0.3) is 0 Å². The quantitative estimate of drug-likeness (QED) is 0.166. The lowest BCUT2D eigenvalue weighted by atomic mass is 9.96. The molecule has 0 fully saturated rings. The van der Waals surface area contributed by atoms with Crippen molar-refractivity contribution in [2.45, 2.75) is 41.5 Å². The first-order valence-electron chi connectivity index (χ1n) is 33.2. The molecular formula is C94H78N2S. The van der Waals surface area contributed by atoms with E-state index in [4.69, 9.17) is 0 Å². The predicted molar refractivity (Wildman–Crippen MR) is 421 cm³/mol. The first kappa shape index (κ1) is 65.4. The fourth-order valence-electron chi connectivity index (χ4n) is 12.1. The Morgan fingerprint density at radius 1 is 0.227 bits per heavy atom. The van der Waals surface area contributed by atoms with E-state index in [1.54, 1.807) is 0 Å². The molecular weight excluding hydrogens is 1190 g/mol. The second-order valence-electron chi connectivity index (χ2n) is 24.4. The zero-order valence-electron chi connectivity index (χ0n) is 55.9. The van der Waals surface area contributed by atoms with Crippen molar-refractivity contribution in [1.29, 1.82) is 0 Å². The van der Waals surface area contributed by atoms with Crippen LogP contribution in [-0.2, 0) is 0 Å². The second kappa shape index (κ2) is 32.0. The summed E-state index contributed by atoms with van der Waals surface area (Å²) in [7, 11) is 0. The van der Waals surface area contributed by atoms with Gasteiger partial charge in [0.2, 0.25) is 0 Å². The Bertz CT molecular complexity index is 5340. The number of nitrogens with zero attached hydrogens (tertiary/aromatic N) is 2. The van der Waals surface area contributed by atoms with Crippen molar-refractivity contribution >= 4 is 63.8 Å². The Morgan fingerprint density at radius 2 is 0.680 bits per heavy atom. The van der Waals surface area contributed by atoms with Crippen LogP contribution in [0.5, 0.6) is 0 Å². The summed E-state index contributed by atoms with van der Waals surface area (Å²) in [6, 6.07) is 123. The molecule has 3 aromatic heterocycles. The van der Waals surface area contributed by atoms with Crippen LogP contribution in [0.4, 0.5) is 0 Å². The number of thiophene rings is 1. The second-order valence-corrected chi connectivity index (χ2v) is 25.4. The standard InChI is InChI=1S/C19H14S.3C17H14.2C12H11N/c1-13-7-5-11-16-17-12-6-10-15(19(17)20-18(13)16)14-8-3-2-4-9-14;1-13-9-11-15(12-10-13)17-8-4-6-14-5-2-3-7-16(14)17;1-13-11-12-16(14-7-3-2-4-8-14)17-10-6-5-9-15(13)17;1-13-6-8-15(9-7-13)17-11-10-14-4-2-3-5-16(14)12-17;1-10-6-5-9-13-12(10)11-7-3-2-4-8-11;1-10-7-8-12(13-9-10)11-5-3-2-4-6-11/h2-12H,1H3;3*2-12H,1H3;2*2-9H,1H3. The Labute approximate surface area is 576 Å². The molecule has 97 heavy (non-hydrogen) atoms. The number of benzene rings is 14. The van der Waals surface area contributed by atoms with Gasteiger partial charge in [-0.1, -0.05) is 345 Å². The monoisotopic (exact) mass is 1270 g/mol. The molecule has 0 atom stereocenters.